The second-order valence-electron chi connectivity index (χ2n) is 4.20. The molecule has 6 nitrogen and oxygen atoms in total. The Labute approximate surface area is 101 Å². The molecule has 0 unspecified atom stereocenters. The molecule has 1 aromatic rings. The van der Waals surface area contributed by atoms with Crippen LogP contribution in [0.1, 0.15) is 19.3 Å². The summed E-state index contributed by atoms with van der Waals surface area (Å²) < 4.78 is 24.3. The van der Waals surface area contributed by atoms with Crippen LogP contribution in [0.4, 0.5) is 11.6 Å². The van der Waals surface area contributed by atoms with Gasteiger partial charge in [0.1, 0.15) is 0 Å². The number of nitrogens with one attached hydrogen (secondary N) is 1. The molecular weight excluding hydrogens is 240 g/mol. The van der Waals surface area contributed by atoms with Gasteiger partial charge in [-0.3, -0.25) is 4.72 Å². The smallest absolute Gasteiger partial charge is 0.231 e. The highest BCUT2D eigenvalue weighted by Crippen LogP contribution is 2.17. The Morgan fingerprint density at radius 2 is 1.88 bits per heavy atom. The minimum atomic E-state index is -3.28. The molecule has 0 bridgehead atoms. The van der Waals surface area contributed by atoms with Crippen LogP contribution in [-0.4, -0.2) is 38.0 Å². The Morgan fingerprint density at radius 3 is 2.41 bits per heavy atom. The van der Waals surface area contributed by atoms with Crippen molar-refractivity contribution in [2.45, 2.75) is 19.3 Å². The Balaban J connectivity index is 2.07. The standard InChI is InChI=1S/C10H16N4O2S/c1-17(15,16)13-9-5-6-10(12-11-9)14-7-3-2-4-8-14/h5-6H,2-4,7-8H2,1H3,(H,11,13). The van der Waals surface area contributed by atoms with Crippen molar-refractivity contribution in [1.29, 1.82) is 0 Å². The van der Waals surface area contributed by atoms with E-state index >= 15 is 0 Å². The van der Waals surface area contributed by atoms with Crippen molar-refractivity contribution >= 4 is 21.7 Å². The lowest BCUT2D eigenvalue weighted by Gasteiger charge is -2.27. The van der Waals surface area contributed by atoms with E-state index in [-0.39, 0.29) is 5.82 Å². The first kappa shape index (κ1) is 12.1. The summed E-state index contributed by atoms with van der Waals surface area (Å²) in [6.45, 7) is 1.99. The molecule has 1 aromatic heterocycles. The molecule has 0 spiro atoms. The zero-order chi connectivity index (χ0) is 12.3. The van der Waals surface area contributed by atoms with E-state index in [1.165, 1.54) is 19.3 Å². The van der Waals surface area contributed by atoms with Gasteiger partial charge in [-0.1, -0.05) is 0 Å². The number of anilines is 2. The van der Waals surface area contributed by atoms with Crippen molar-refractivity contribution in [3.05, 3.63) is 12.1 Å². The van der Waals surface area contributed by atoms with E-state index in [2.05, 4.69) is 19.8 Å². The van der Waals surface area contributed by atoms with Crippen molar-refractivity contribution in [1.82, 2.24) is 10.2 Å². The second-order valence-corrected chi connectivity index (χ2v) is 5.95. The molecule has 0 amide bonds. The van der Waals surface area contributed by atoms with Crippen LogP contribution in [0.2, 0.25) is 0 Å². The fourth-order valence-corrected chi connectivity index (χ4v) is 2.35. The van der Waals surface area contributed by atoms with E-state index in [0.717, 1.165) is 25.2 Å². The molecule has 2 rings (SSSR count). The van der Waals surface area contributed by atoms with Crippen molar-refractivity contribution < 1.29 is 8.42 Å². The molecule has 1 saturated heterocycles. The summed E-state index contributed by atoms with van der Waals surface area (Å²) in [5.41, 5.74) is 0. The minimum absolute atomic E-state index is 0.258. The molecule has 0 saturated carbocycles. The normalized spacial score (nSPS) is 16.9. The average molecular weight is 256 g/mol. The summed E-state index contributed by atoms with van der Waals surface area (Å²) in [7, 11) is -3.28. The number of sulfonamides is 1. The summed E-state index contributed by atoms with van der Waals surface area (Å²) in [6.07, 6.45) is 4.70. The lowest BCUT2D eigenvalue weighted by atomic mass is 10.1. The Kier molecular flexibility index (Phi) is 3.46. The zero-order valence-corrected chi connectivity index (χ0v) is 10.6. The highest BCUT2D eigenvalue weighted by molar-refractivity contribution is 7.92. The number of rotatable bonds is 3. The lowest BCUT2D eigenvalue weighted by Crippen LogP contribution is -2.30. The van der Waals surface area contributed by atoms with Gasteiger partial charge in [0.2, 0.25) is 10.0 Å². The molecule has 0 aromatic carbocycles. The predicted molar refractivity (Wildman–Crippen MR) is 66.6 cm³/mol. The van der Waals surface area contributed by atoms with E-state index < -0.39 is 10.0 Å². The van der Waals surface area contributed by atoms with Crippen molar-refractivity contribution in [3.63, 3.8) is 0 Å². The number of piperidine rings is 1. The van der Waals surface area contributed by atoms with Gasteiger partial charge >= 0.3 is 0 Å². The largest absolute Gasteiger partial charge is 0.355 e. The third kappa shape index (κ3) is 3.55. The average Bonchev–Trinajstić information content (AvgIpc) is 2.29. The molecule has 17 heavy (non-hydrogen) atoms. The summed E-state index contributed by atoms with van der Waals surface area (Å²) in [5, 5.41) is 7.89. The van der Waals surface area contributed by atoms with E-state index in [1.807, 2.05) is 0 Å². The van der Waals surface area contributed by atoms with Crippen LogP contribution in [0, 0.1) is 0 Å². The third-order valence-electron chi connectivity index (χ3n) is 2.62. The van der Waals surface area contributed by atoms with Gasteiger partial charge in [0, 0.05) is 13.1 Å². The summed E-state index contributed by atoms with van der Waals surface area (Å²) in [5.74, 6) is 1.07. The van der Waals surface area contributed by atoms with Crippen molar-refractivity contribution in [2.75, 3.05) is 29.0 Å². The second kappa shape index (κ2) is 4.87. The Morgan fingerprint density at radius 1 is 1.18 bits per heavy atom. The maximum Gasteiger partial charge on any atom is 0.231 e. The Bertz CT molecular complexity index is 466. The van der Waals surface area contributed by atoms with Crippen molar-refractivity contribution in [2.24, 2.45) is 0 Å². The summed E-state index contributed by atoms with van der Waals surface area (Å²) in [4.78, 5) is 2.17. The molecular formula is C10H16N4O2S. The SMILES string of the molecule is CS(=O)(=O)Nc1ccc(N2CCCCC2)nn1. The monoisotopic (exact) mass is 256 g/mol. The van der Waals surface area contributed by atoms with Crippen LogP contribution in [0.3, 0.4) is 0 Å². The number of hydrogen-bond donors (Lipinski definition) is 1. The minimum Gasteiger partial charge on any atom is -0.355 e. The van der Waals surface area contributed by atoms with Crippen LogP contribution in [0.25, 0.3) is 0 Å². The topological polar surface area (TPSA) is 75.2 Å². The van der Waals surface area contributed by atoms with Gasteiger partial charge < -0.3 is 4.90 Å². The number of aromatic nitrogens is 2. The van der Waals surface area contributed by atoms with E-state index in [0.29, 0.717) is 0 Å². The molecule has 1 fully saturated rings. The van der Waals surface area contributed by atoms with Gasteiger partial charge in [-0.25, -0.2) is 8.42 Å². The molecule has 2 heterocycles. The van der Waals surface area contributed by atoms with E-state index in [9.17, 15) is 8.42 Å². The molecule has 1 aliphatic heterocycles. The van der Waals surface area contributed by atoms with Gasteiger partial charge in [-0.2, -0.15) is 0 Å². The lowest BCUT2D eigenvalue weighted by molar-refractivity contribution is 0.571. The Hall–Kier alpha value is -1.37. The maximum atomic E-state index is 11.0. The molecule has 1 N–H and O–H groups in total. The van der Waals surface area contributed by atoms with Crippen LogP contribution in [-0.2, 0) is 10.0 Å². The zero-order valence-electron chi connectivity index (χ0n) is 9.76. The number of nitrogens with zero attached hydrogens (tertiary/aromatic N) is 3. The first-order valence-corrected chi connectivity index (χ1v) is 7.50. The molecule has 94 valence electrons. The highest BCUT2D eigenvalue weighted by Gasteiger charge is 2.12. The number of hydrogen-bond acceptors (Lipinski definition) is 5. The van der Waals surface area contributed by atoms with Gasteiger partial charge in [0.15, 0.2) is 11.6 Å². The maximum absolute atomic E-state index is 11.0. The first-order valence-electron chi connectivity index (χ1n) is 5.61. The fraction of sp³-hybridized carbons (Fsp3) is 0.600. The molecule has 0 atom stereocenters. The van der Waals surface area contributed by atoms with Gasteiger partial charge in [0.05, 0.1) is 6.26 Å². The molecule has 0 aliphatic carbocycles. The summed E-state index contributed by atoms with van der Waals surface area (Å²) in [6, 6.07) is 3.43. The first-order chi connectivity index (χ1) is 8.04. The van der Waals surface area contributed by atoms with E-state index in [1.54, 1.807) is 12.1 Å². The third-order valence-corrected chi connectivity index (χ3v) is 3.20. The summed E-state index contributed by atoms with van der Waals surface area (Å²) >= 11 is 0. The molecule has 7 heteroatoms. The van der Waals surface area contributed by atoms with Crippen LogP contribution < -0.4 is 9.62 Å². The highest BCUT2D eigenvalue weighted by atomic mass is 32.2. The van der Waals surface area contributed by atoms with Crippen LogP contribution in [0.15, 0.2) is 12.1 Å². The van der Waals surface area contributed by atoms with Crippen molar-refractivity contribution in [3.8, 4) is 0 Å². The molecule has 1 aliphatic rings. The van der Waals surface area contributed by atoms with Crippen LogP contribution >= 0.6 is 0 Å². The predicted octanol–water partition coefficient (Wildman–Crippen LogP) is 0.838. The fourth-order valence-electron chi connectivity index (χ4n) is 1.86. The van der Waals surface area contributed by atoms with Gasteiger partial charge in [-0.05, 0) is 31.4 Å². The quantitative estimate of drug-likeness (QED) is 0.867. The molecule has 0 radical (unpaired) electrons. The van der Waals surface area contributed by atoms with Crippen LogP contribution in [0.5, 0.6) is 0 Å². The van der Waals surface area contributed by atoms with Gasteiger partial charge in [-0.15, -0.1) is 10.2 Å². The van der Waals surface area contributed by atoms with Gasteiger partial charge in [0.25, 0.3) is 0 Å². The van der Waals surface area contributed by atoms with E-state index in [4.69, 9.17) is 0 Å².